The van der Waals surface area contributed by atoms with Crippen molar-refractivity contribution in [1.29, 1.82) is 0 Å². The number of anilines is 1. The SMILES string of the molecule is COc1ccc(S(=O)(=O)N[C@H](C(=O)Nc2ccc(F)c(-n3nnnc3C)c2)C(C)C)cc1. The number of tetrazole rings is 1. The number of nitrogens with one attached hydrogen (secondary N) is 2. The number of methoxy groups -OCH3 is 1. The second kappa shape index (κ2) is 9.40. The lowest BCUT2D eigenvalue weighted by molar-refractivity contribution is -0.118. The second-order valence-electron chi connectivity index (χ2n) is 7.31. The van der Waals surface area contributed by atoms with Crippen LogP contribution < -0.4 is 14.8 Å². The van der Waals surface area contributed by atoms with Gasteiger partial charge in [-0.2, -0.15) is 9.40 Å². The Morgan fingerprint density at radius 3 is 2.41 bits per heavy atom. The fraction of sp³-hybridized carbons (Fsp3) is 0.300. The first-order chi connectivity index (χ1) is 15.1. The van der Waals surface area contributed by atoms with E-state index in [1.807, 2.05) is 0 Å². The highest BCUT2D eigenvalue weighted by molar-refractivity contribution is 7.89. The minimum absolute atomic E-state index is 0.00465. The highest BCUT2D eigenvalue weighted by Crippen LogP contribution is 2.21. The van der Waals surface area contributed by atoms with Gasteiger partial charge < -0.3 is 10.1 Å². The number of carbonyl (C=O) groups is 1. The Morgan fingerprint density at radius 2 is 1.84 bits per heavy atom. The maximum Gasteiger partial charge on any atom is 0.242 e. The van der Waals surface area contributed by atoms with Crippen molar-refractivity contribution >= 4 is 21.6 Å². The van der Waals surface area contributed by atoms with Crippen molar-refractivity contribution in [2.75, 3.05) is 12.4 Å². The van der Waals surface area contributed by atoms with Gasteiger partial charge in [-0.05, 0) is 65.7 Å². The van der Waals surface area contributed by atoms with Crippen LogP contribution in [0.3, 0.4) is 0 Å². The Balaban J connectivity index is 1.82. The van der Waals surface area contributed by atoms with Crippen LogP contribution in [0.4, 0.5) is 10.1 Å². The average Bonchev–Trinajstić information content (AvgIpc) is 3.18. The highest BCUT2D eigenvalue weighted by Gasteiger charge is 2.28. The molecule has 0 unspecified atom stereocenters. The van der Waals surface area contributed by atoms with Gasteiger partial charge in [-0.25, -0.2) is 12.8 Å². The predicted octanol–water partition coefficient (Wildman–Crippen LogP) is 2.06. The number of ether oxygens (including phenoxy) is 1. The van der Waals surface area contributed by atoms with Crippen LogP contribution in [0.15, 0.2) is 47.4 Å². The summed E-state index contributed by atoms with van der Waals surface area (Å²) in [4.78, 5) is 12.9. The van der Waals surface area contributed by atoms with Crippen LogP contribution in [0.2, 0.25) is 0 Å². The Hall–Kier alpha value is -3.38. The van der Waals surface area contributed by atoms with E-state index in [0.29, 0.717) is 11.6 Å². The molecule has 1 amide bonds. The van der Waals surface area contributed by atoms with E-state index in [2.05, 4.69) is 25.6 Å². The zero-order valence-electron chi connectivity index (χ0n) is 17.9. The molecule has 0 saturated carbocycles. The molecule has 0 radical (unpaired) electrons. The van der Waals surface area contributed by atoms with Crippen LogP contribution in [-0.4, -0.2) is 47.7 Å². The molecule has 0 aliphatic carbocycles. The highest BCUT2D eigenvalue weighted by atomic mass is 32.2. The molecule has 0 bridgehead atoms. The van der Waals surface area contributed by atoms with Crippen LogP contribution >= 0.6 is 0 Å². The van der Waals surface area contributed by atoms with Crippen molar-refractivity contribution < 1.29 is 22.3 Å². The van der Waals surface area contributed by atoms with Gasteiger partial charge in [-0.1, -0.05) is 13.8 Å². The molecular formula is C20H23FN6O4S. The van der Waals surface area contributed by atoms with E-state index in [-0.39, 0.29) is 22.2 Å². The third kappa shape index (κ3) is 5.08. The first-order valence-electron chi connectivity index (χ1n) is 9.64. The van der Waals surface area contributed by atoms with Crippen LogP contribution in [0.1, 0.15) is 19.7 Å². The number of carbonyl (C=O) groups excluding carboxylic acids is 1. The van der Waals surface area contributed by atoms with E-state index in [4.69, 9.17) is 4.74 Å². The molecule has 0 fully saturated rings. The van der Waals surface area contributed by atoms with E-state index in [9.17, 15) is 17.6 Å². The Kier molecular flexibility index (Phi) is 6.84. The average molecular weight is 463 g/mol. The minimum Gasteiger partial charge on any atom is -0.497 e. The van der Waals surface area contributed by atoms with Gasteiger partial charge in [0.25, 0.3) is 0 Å². The van der Waals surface area contributed by atoms with E-state index in [0.717, 1.165) is 6.07 Å². The van der Waals surface area contributed by atoms with Crippen LogP contribution in [-0.2, 0) is 14.8 Å². The number of aryl methyl sites for hydroxylation is 1. The van der Waals surface area contributed by atoms with Gasteiger partial charge >= 0.3 is 0 Å². The third-order valence-corrected chi connectivity index (χ3v) is 6.13. The fourth-order valence-electron chi connectivity index (χ4n) is 2.91. The number of hydrogen-bond acceptors (Lipinski definition) is 7. The number of hydrogen-bond donors (Lipinski definition) is 2. The standard InChI is InChI=1S/C20H23FN6O4S/c1-12(2)19(24-32(29,30)16-8-6-15(31-4)7-9-16)20(28)22-14-5-10-17(21)18(11-14)27-13(3)23-25-26-27/h5-12,19,24H,1-4H3,(H,22,28)/t19-/m0/s1. The molecule has 0 aliphatic heterocycles. The van der Waals surface area contributed by atoms with E-state index in [1.54, 1.807) is 20.8 Å². The number of benzene rings is 2. The largest absolute Gasteiger partial charge is 0.497 e. The molecule has 170 valence electrons. The van der Waals surface area contributed by atoms with Gasteiger partial charge in [-0.15, -0.1) is 5.10 Å². The van der Waals surface area contributed by atoms with Gasteiger partial charge in [0, 0.05) is 5.69 Å². The first kappa shape index (κ1) is 23.3. The monoisotopic (exact) mass is 462 g/mol. The lowest BCUT2D eigenvalue weighted by Crippen LogP contribution is -2.47. The molecule has 3 aromatic rings. The van der Waals surface area contributed by atoms with E-state index >= 15 is 0 Å². The number of halogens is 1. The number of aromatic nitrogens is 4. The van der Waals surface area contributed by atoms with Crippen molar-refractivity contribution in [1.82, 2.24) is 24.9 Å². The zero-order chi connectivity index (χ0) is 23.5. The zero-order valence-corrected chi connectivity index (χ0v) is 18.7. The Bertz CT molecular complexity index is 1210. The molecule has 1 heterocycles. The molecular weight excluding hydrogens is 439 g/mol. The summed E-state index contributed by atoms with van der Waals surface area (Å²) in [5, 5.41) is 13.6. The van der Waals surface area contributed by atoms with Crippen LogP contribution in [0.25, 0.3) is 5.69 Å². The summed E-state index contributed by atoms with van der Waals surface area (Å²) >= 11 is 0. The summed E-state index contributed by atoms with van der Waals surface area (Å²) in [5.41, 5.74) is 0.306. The number of rotatable bonds is 8. The second-order valence-corrected chi connectivity index (χ2v) is 9.03. The van der Waals surface area contributed by atoms with Crippen LogP contribution in [0, 0.1) is 18.7 Å². The maximum absolute atomic E-state index is 14.3. The maximum atomic E-state index is 14.3. The molecule has 2 aromatic carbocycles. The topological polar surface area (TPSA) is 128 Å². The number of nitrogens with zero attached hydrogens (tertiary/aromatic N) is 4. The summed E-state index contributed by atoms with van der Waals surface area (Å²) in [7, 11) is -2.51. The number of sulfonamides is 1. The molecule has 32 heavy (non-hydrogen) atoms. The van der Waals surface area contributed by atoms with Gasteiger partial charge in [0.05, 0.1) is 12.0 Å². The molecule has 2 N–H and O–H groups in total. The Labute approximate surface area is 184 Å². The first-order valence-corrected chi connectivity index (χ1v) is 11.1. The molecule has 3 rings (SSSR count). The summed E-state index contributed by atoms with van der Waals surface area (Å²) in [5.74, 6) is -0.682. The molecule has 12 heteroatoms. The van der Waals surface area contributed by atoms with E-state index < -0.39 is 27.8 Å². The normalized spacial score (nSPS) is 12.6. The summed E-state index contributed by atoms with van der Waals surface area (Å²) < 4.78 is 48.5. The molecule has 1 atom stereocenters. The molecule has 10 nitrogen and oxygen atoms in total. The van der Waals surface area contributed by atoms with Gasteiger partial charge in [0.15, 0.2) is 5.82 Å². The lowest BCUT2D eigenvalue weighted by Gasteiger charge is -2.22. The summed E-state index contributed by atoms with van der Waals surface area (Å²) in [6.45, 7) is 5.02. The van der Waals surface area contributed by atoms with Gasteiger partial charge in [-0.3, -0.25) is 4.79 Å². The third-order valence-electron chi connectivity index (χ3n) is 4.67. The lowest BCUT2D eigenvalue weighted by atomic mass is 10.0. The number of amides is 1. The fourth-order valence-corrected chi connectivity index (χ4v) is 4.25. The molecule has 0 aliphatic rings. The molecule has 0 saturated heterocycles. The van der Waals surface area contributed by atoms with Crippen molar-refractivity contribution in [3.05, 3.63) is 54.1 Å². The van der Waals surface area contributed by atoms with Crippen molar-refractivity contribution in [3.63, 3.8) is 0 Å². The van der Waals surface area contributed by atoms with Crippen LogP contribution in [0.5, 0.6) is 5.75 Å². The Morgan fingerprint density at radius 1 is 1.16 bits per heavy atom. The molecule has 1 aromatic heterocycles. The van der Waals surface area contributed by atoms with Gasteiger partial charge in [0.1, 0.15) is 23.3 Å². The quantitative estimate of drug-likeness (QED) is 0.524. The predicted molar refractivity (Wildman–Crippen MR) is 114 cm³/mol. The smallest absolute Gasteiger partial charge is 0.242 e. The van der Waals surface area contributed by atoms with E-state index in [1.165, 1.54) is 48.2 Å². The summed E-state index contributed by atoms with van der Waals surface area (Å²) in [6.07, 6.45) is 0. The molecule has 0 spiro atoms. The summed E-state index contributed by atoms with van der Waals surface area (Å²) in [6, 6.07) is 8.62. The minimum atomic E-state index is -3.98. The van der Waals surface area contributed by atoms with Gasteiger partial charge in [0.2, 0.25) is 15.9 Å². The van der Waals surface area contributed by atoms with Crippen molar-refractivity contribution in [2.45, 2.75) is 31.7 Å². The van der Waals surface area contributed by atoms with Crippen molar-refractivity contribution in [3.8, 4) is 11.4 Å². The van der Waals surface area contributed by atoms with Crippen molar-refractivity contribution in [2.24, 2.45) is 5.92 Å².